The molecule has 1 aromatic carbocycles. The molecule has 0 radical (unpaired) electrons. The van der Waals surface area contributed by atoms with E-state index >= 15 is 0 Å². The van der Waals surface area contributed by atoms with Crippen molar-refractivity contribution in [3.8, 4) is 17.2 Å². The molecule has 3 heterocycles. The van der Waals surface area contributed by atoms with Crippen molar-refractivity contribution < 1.29 is 9.90 Å². The molecule has 12 nitrogen and oxygen atoms in total. The number of pyridine rings is 1. The minimum absolute atomic E-state index is 0.137. The summed E-state index contributed by atoms with van der Waals surface area (Å²) in [7, 11) is 1.87. The van der Waals surface area contributed by atoms with Gasteiger partial charge in [-0.25, -0.2) is 15.2 Å². The molecular formula is C32H40N10O2. The molecule has 2 amide bonds. The molecule has 2 aromatic heterocycles. The Morgan fingerprint density at radius 2 is 1.91 bits per heavy atom. The van der Waals surface area contributed by atoms with Crippen molar-refractivity contribution in [2.75, 3.05) is 11.5 Å². The summed E-state index contributed by atoms with van der Waals surface area (Å²) >= 11 is 0. The maximum atomic E-state index is 14.2. The number of nitrogens with one attached hydrogen (secondary N) is 3. The highest BCUT2D eigenvalue weighted by molar-refractivity contribution is 5.92. The lowest BCUT2D eigenvalue weighted by Crippen LogP contribution is -2.70. The van der Waals surface area contributed by atoms with Crippen molar-refractivity contribution in [3.05, 3.63) is 78.4 Å². The van der Waals surface area contributed by atoms with Gasteiger partial charge in [-0.15, -0.1) is 0 Å². The van der Waals surface area contributed by atoms with Gasteiger partial charge in [0, 0.05) is 49.5 Å². The van der Waals surface area contributed by atoms with Gasteiger partial charge in [0.15, 0.2) is 6.29 Å². The maximum absolute atomic E-state index is 14.2. The first-order valence-corrected chi connectivity index (χ1v) is 14.9. The second kappa shape index (κ2) is 13.4. The molecule has 0 saturated heterocycles. The van der Waals surface area contributed by atoms with Crippen molar-refractivity contribution in [3.63, 3.8) is 0 Å². The number of rotatable bonds is 10. The Balaban J connectivity index is 1.51. The van der Waals surface area contributed by atoms with Crippen molar-refractivity contribution >= 4 is 18.1 Å². The molecule has 2 aliphatic rings. The quantitative estimate of drug-likeness (QED) is 0.259. The predicted molar refractivity (Wildman–Crippen MR) is 169 cm³/mol. The van der Waals surface area contributed by atoms with Gasteiger partial charge in [-0.05, 0) is 57.2 Å². The fourth-order valence-corrected chi connectivity index (χ4v) is 5.56. The molecule has 44 heavy (non-hydrogen) atoms. The van der Waals surface area contributed by atoms with Crippen LogP contribution in [0.5, 0.6) is 0 Å². The van der Waals surface area contributed by atoms with E-state index < -0.39 is 17.5 Å². The zero-order valence-corrected chi connectivity index (χ0v) is 25.4. The van der Waals surface area contributed by atoms with Crippen molar-refractivity contribution in [2.45, 2.75) is 70.0 Å². The number of aliphatic hydroxyl groups is 1. The van der Waals surface area contributed by atoms with E-state index in [1.807, 2.05) is 69.6 Å². The first-order chi connectivity index (χ1) is 21.2. The first kappa shape index (κ1) is 30.9. The van der Waals surface area contributed by atoms with Gasteiger partial charge in [0.25, 0.3) is 0 Å². The van der Waals surface area contributed by atoms with Gasteiger partial charge in [-0.1, -0.05) is 36.8 Å². The van der Waals surface area contributed by atoms with E-state index in [0.29, 0.717) is 30.8 Å². The molecule has 1 aliphatic carbocycles. The van der Waals surface area contributed by atoms with Gasteiger partial charge in [0.1, 0.15) is 17.5 Å². The van der Waals surface area contributed by atoms with Gasteiger partial charge in [0.05, 0.1) is 23.9 Å². The van der Waals surface area contributed by atoms with Gasteiger partial charge in [-0.2, -0.15) is 10.4 Å². The summed E-state index contributed by atoms with van der Waals surface area (Å²) < 4.78 is 1.74. The number of hydrogen-bond donors (Lipinski definition) is 4. The monoisotopic (exact) mass is 596 g/mol. The number of allylic oxidation sites excluding steroid dienone is 1. The van der Waals surface area contributed by atoms with Crippen molar-refractivity contribution in [1.29, 1.82) is 5.26 Å². The van der Waals surface area contributed by atoms with Crippen LogP contribution in [0.4, 0.5) is 10.6 Å². The molecule has 1 aliphatic heterocycles. The van der Waals surface area contributed by atoms with Crippen LogP contribution in [0.2, 0.25) is 0 Å². The highest BCUT2D eigenvalue weighted by atomic mass is 16.3. The normalized spacial score (nSPS) is 17.9. The summed E-state index contributed by atoms with van der Waals surface area (Å²) in [6.45, 7) is 3.93. The number of amides is 2. The third kappa shape index (κ3) is 7.14. The number of aliphatic hydroxyl groups excluding tert-OH is 1. The molecule has 1 saturated carbocycles. The summed E-state index contributed by atoms with van der Waals surface area (Å²) in [5.74, 6) is 0.501. The zero-order chi connectivity index (χ0) is 31.2. The average Bonchev–Trinajstić information content (AvgIpc) is 3.48. The van der Waals surface area contributed by atoms with E-state index in [1.54, 1.807) is 33.2 Å². The Morgan fingerprint density at radius 1 is 1.14 bits per heavy atom. The lowest BCUT2D eigenvalue weighted by molar-refractivity contribution is 0.0480. The number of aliphatic imine (C=N–C) groups is 1. The number of hydrazine groups is 1. The highest BCUT2D eigenvalue weighted by Crippen LogP contribution is 2.36. The van der Waals surface area contributed by atoms with Crippen LogP contribution in [0, 0.1) is 11.3 Å². The summed E-state index contributed by atoms with van der Waals surface area (Å²) in [5.41, 5.74) is 4.91. The van der Waals surface area contributed by atoms with Crippen LogP contribution >= 0.6 is 0 Å². The number of aromatic nitrogens is 3. The molecule has 4 N–H and O–H groups in total. The van der Waals surface area contributed by atoms with Crippen LogP contribution in [-0.4, -0.2) is 61.2 Å². The van der Waals surface area contributed by atoms with E-state index in [4.69, 9.17) is 4.98 Å². The number of nitrogens with zero attached hydrogens (tertiary/aromatic N) is 7. The Kier molecular flexibility index (Phi) is 9.39. The number of urea groups is 1. The molecule has 0 bridgehead atoms. The van der Waals surface area contributed by atoms with Crippen molar-refractivity contribution in [1.82, 2.24) is 35.8 Å². The van der Waals surface area contributed by atoms with Crippen LogP contribution in [0.15, 0.2) is 77.8 Å². The fraction of sp³-hybridized carbons (Fsp3) is 0.406. The van der Waals surface area contributed by atoms with Crippen LogP contribution in [0.1, 0.15) is 51.5 Å². The number of hydrogen-bond acceptors (Lipinski definition) is 9. The van der Waals surface area contributed by atoms with E-state index in [1.165, 1.54) is 6.21 Å². The van der Waals surface area contributed by atoms with E-state index in [2.05, 4.69) is 32.2 Å². The summed E-state index contributed by atoms with van der Waals surface area (Å²) in [4.78, 5) is 25.5. The molecule has 5 rings (SSSR count). The second-order valence-corrected chi connectivity index (χ2v) is 11.9. The SMILES string of the molecule is Cn1cc(-c2ccc(N(C(=O)NCc3ccccc3)C3(NC4N=CC(C#N)=CN4NC(C)(C)CO)CCCCC3)nc2)cn1. The van der Waals surface area contributed by atoms with Gasteiger partial charge < -0.3 is 10.4 Å². The third-order valence-electron chi connectivity index (χ3n) is 7.86. The Bertz CT molecular complexity index is 1520. The Morgan fingerprint density at radius 3 is 2.55 bits per heavy atom. The molecule has 1 unspecified atom stereocenters. The smallest absolute Gasteiger partial charge is 0.324 e. The van der Waals surface area contributed by atoms with Crippen LogP contribution in [-0.2, 0) is 13.6 Å². The number of nitriles is 1. The topological polar surface area (TPSA) is 147 Å². The molecule has 3 aromatic rings. The standard InChI is InChI=1S/C32H40N10O2/c1-31(2,23-43)39-41-21-25(16-33)18-35-29(41)38-32(14-8-5-9-15-32)42(30(44)36-17-24-10-6-4-7-11-24)28-13-12-26(19-34-28)27-20-37-40(3)22-27/h4,6-7,10-13,18-22,29,38-39,43H,5,8-9,14-15,17,23H2,1-3H3,(H,36,44). The zero-order valence-electron chi connectivity index (χ0n) is 25.4. The third-order valence-corrected chi connectivity index (χ3v) is 7.86. The number of aryl methyl sites for hydroxylation is 1. The second-order valence-electron chi connectivity index (χ2n) is 11.9. The fourth-order valence-electron chi connectivity index (χ4n) is 5.56. The van der Waals surface area contributed by atoms with Gasteiger partial charge in [0.2, 0.25) is 0 Å². The van der Waals surface area contributed by atoms with Crippen LogP contribution in [0.3, 0.4) is 0 Å². The number of benzene rings is 1. The average molecular weight is 597 g/mol. The molecule has 230 valence electrons. The van der Waals surface area contributed by atoms with Gasteiger partial charge >= 0.3 is 6.03 Å². The molecule has 1 atom stereocenters. The lowest BCUT2D eigenvalue weighted by atomic mass is 9.87. The number of carbonyl (C=O) groups excluding carboxylic acids is 1. The van der Waals surface area contributed by atoms with E-state index in [0.717, 1.165) is 36.0 Å². The number of anilines is 1. The Hall–Kier alpha value is -4.57. The largest absolute Gasteiger partial charge is 0.394 e. The summed E-state index contributed by atoms with van der Waals surface area (Å²) in [6, 6.07) is 15.5. The molecular weight excluding hydrogens is 556 g/mol. The van der Waals surface area contributed by atoms with Crippen LogP contribution < -0.4 is 21.0 Å². The molecule has 1 fully saturated rings. The lowest BCUT2D eigenvalue weighted by Gasteiger charge is -2.49. The summed E-state index contributed by atoms with van der Waals surface area (Å²) in [6.07, 6.45) is 12.2. The molecule has 0 spiro atoms. The number of carbonyl (C=O) groups is 1. The maximum Gasteiger partial charge on any atom is 0.324 e. The van der Waals surface area contributed by atoms with E-state index in [9.17, 15) is 15.2 Å². The Labute approximate surface area is 258 Å². The van der Waals surface area contributed by atoms with Crippen molar-refractivity contribution in [2.24, 2.45) is 12.0 Å². The predicted octanol–water partition coefficient (Wildman–Crippen LogP) is 3.80. The summed E-state index contributed by atoms with van der Waals surface area (Å²) in [5, 5.41) is 32.3. The highest BCUT2D eigenvalue weighted by Gasteiger charge is 2.45. The van der Waals surface area contributed by atoms with Gasteiger partial charge in [-0.3, -0.25) is 24.9 Å². The molecule has 12 heteroatoms. The van der Waals surface area contributed by atoms with Crippen LogP contribution in [0.25, 0.3) is 11.1 Å². The minimum atomic E-state index is -0.856. The van der Waals surface area contributed by atoms with E-state index in [-0.39, 0.29) is 12.6 Å². The minimum Gasteiger partial charge on any atom is -0.394 e. The first-order valence-electron chi connectivity index (χ1n) is 14.9.